The topological polar surface area (TPSA) is 102 Å². The minimum absolute atomic E-state index is 0.204. The summed E-state index contributed by atoms with van der Waals surface area (Å²) in [6.07, 6.45) is 2.45. The van der Waals surface area contributed by atoms with E-state index in [9.17, 15) is 4.79 Å². The van der Waals surface area contributed by atoms with Crippen LogP contribution in [-0.2, 0) is 6.54 Å². The molecule has 4 N–H and O–H groups in total. The second-order valence-corrected chi connectivity index (χ2v) is 5.96. The summed E-state index contributed by atoms with van der Waals surface area (Å²) in [6.45, 7) is 1.73. The highest BCUT2D eigenvalue weighted by molar-refractivity contribution is 9.10. The van der Waals surface area contributed by atoms with E-state index in [1.165, 1.54) is 0 Å². The van der Waals surface area contributed by atoms with Gasteiger partial charge in [-0.3, -0.25) is 4.57 Å². The molecule has 0 fully saturated rings. The summed E-state index contributed by atoms with van der Waals surface area (Å²) in [7, 11) is 0. The minimum atomic E-state index is -0.204. The third-order valence-corrected chi connectivity index (χ3v) is 4.23. The predicted molar refractivity (Wildman–Crippen MR) is 93.6 cm³/mol. The van der Waals surface area contributed by atoms with Gasteiger partial charge in [0, 0.05) is 11.0 Å². The zero-order chi connectivity index (χ0) is 16.2. The lowest BCUT2D eigenvalue weighted by Gasteiger charge is -2.07. The van der Waals surface area contributed by atoms with Crippen molar-refractivity contribution in [3.8, 4) is 0 Å². The van der Waals surface area contributed by atoms with Crippen molar-refractivity contribution in [1.82, 2.24) is 19.5 Å². The summed E-state index contributed by atoms with van der Waals surface area (Å²) < 4.78 is 2.56. The number of hydrogen-bond acceptors (Lipinski definition) is 5. The molecule has 0 aliphatic heterocycles. The van der Waals surface area contributed by atoms with Crippen molar-refractivity contribution in [2.45, 2.75) is 13.0 Å². The van der Waals surface area contributed by atoms with Crippen LogP contribution in [0.25, 0.3) is 11.2 Å². The molecule has 3 aromatic rings. The van der Waals surface area contributed by atoms with Crippen molar-refractivity contribution in [2.75, 3.05) is 18.4 Å². The Hall–Kier alpha value is -2.19. The highest BCUT2D eigenvalue weighted by atomic mass is 79.9. The number of nitrogens with two attached hydrogens (primary N) is 1. The largest absolute Gasteiger partial charge is 0.354 e. The number of anilines is 1. The van der Waals surface area contributed by atoms with Gasteiger partial charge in [-0.15, -0.1) is 0 Å². The molecule has 0 aliphatic carbocycles. The van der Waals surface area contributed by atoms with Crippen molar-refractivity contribution in [3.05, 3.63) is 51.0 Å². The Kier molecular flexibility index (Phi) is 4.73. The van der Waals surface area contributed by atoms with Gasteiger partial charge in [0.2, 0.25) is 5.95 Å². The van der Waals surface area contributed by atoms with Crippen LogP contribution in [0.2, 0.25) is 0 Å². The van der Waals surface area contributed by atoms with Crippen molar-refractivity contribution >= 4 is 33.0 Å². The van der Waals surface area contributed by atoms with Gasteiger partial charge in [0.25, 0.3) is 0 Å². The van der Waals surface area contributed by atoms with Crippen LogP contribution in [0.1, 0.15) is 12.0 Å². The number of fused-ring (bicyclic) bond motifs is 1. The Morgan fingerprint density at radius 2 is 2.17 bits per heavy atom. The number of nitrogens with zero attached hydrogens (tertiary/aromatic N) is 3. The van der Waals surface area contributed by atoms with Crippen LogP contribution in [0, 0.1) is 0 Å². The summed E-state index contributed by atoms with van der Waals surface area (Å²) in [5.74, 6) is 0.492. The first-order valence-corrected chi connectivity index (χ1v) is 8.11. The molecule has 0 amide bonds. The van der Waals surface area contributed by atoms with E-state index in [1.807, 2.05) is 24.3 Å². The Balaban J connectivity index is 1.95. The Morgan fingerprint density at radius 1 is 1.35 bits per heavy atom. The highest BCUT2D eigenvalue weighted by Crippen LogP contribution is 2.18. The van der Waals surface area contributed by atoms with Gasteiger partial charge in [0.05, 0.1) is 12.7 Å². The quantitative estimate of drug-likeness (QED) is 0.568. The molecule has 7 nitrogen and oxygen atoms in total. The maximum Gasteiger partial charge on any atom is 0.328 e. The number of H-pyrrole nitrogens is 1. The van der Waals surface area contributed by atoms with Crippen LogP contribution in [0.4, 0.5) is 5.95 Å². The van der Waals surface area contributed by atoms with Gasteiger partial charge in [-0.1, -0.05) is 34.1 Å². The average Bonchev–Trinajstić information content (AvgIpc) is 2.85. The lowest BCUT2D eigenvalue weighted by atomic mass is 10.2. The highest BCUT2D eigenvalue weighted by Gasteiger charge is 2.11. The lowest BCUT2D eigenvalue weighted by Crippen LogP contribution is -2.18. The smallest absolute Gasteiger partial charge is 0.328 e. The van der Waals surface area contributed by atoms with E-state index in [0.29, 0.717) is 36.7 Å². The lowest BCUT2D eigenvalue weighted by molar-refractivity contribution is 0.774. The third kappa shape index (κ3) is 3.43. The van der Waals surface area contributed by atoms with E-state index >= 15 is 0 Å². The first kappa shape index (κ1) is 15.7. The van der Waals surface area contributed by atoms with Gasteiger partial charge in [0.15, 0.2) is 5.65 Å². The molecule has 0 atom stereocenters. The molecule has 120 valence electrons. The van der Waals surface area contributed by atoms with Gasteiger partial charge in [0.1, 0.15) is 5.52 Å². The summed E-state index contributed by atoms with van der Waals surface area (Å²) in [5.41, 5.74) is 7.47. The summed E-state index contributed by atoms with van der Waals surface area (Å²) in [6, 6.07) is 7.79. The van der Waals surface area contributed by atoms with Gasteiger partial charge in [-0.05, 0) is 24.6 Å². The summed E-state index contributed by atoms with van der Waals surface area (Å²) in [4.78, 5) is 23.6. The van der Waals surface area contributed by atoms with Crippen LogP contribution < -0.4 is 16.7 Å². The van der Waals surface area contributed by atoms with E-state index in [4.69, 9.17) is 5.73 Å². The number of hydrogen-bond donors (Lipinski definition) is 3. The molecule has 8 heteroatoms. The second kappa shape index (κ2) is 6.93. The van der Waals surface area contributed by atoms with E-state index in [0.717, 1.165) is 16.5 Å². The zero-order valence-corrected chi connectivity index (χ0v) is 14.0. The maximum absolute atomic E-state index is 12.2. The SMILES string of the molecule is NCCCNc1ncc2[nH]c(=O)n(Cc3ccccc3Br)c2n1. The van der Waals surface area contributed by atoms with Gasteiger partial charge >= 0.3 is 5.69 Å². The third-order valence-electron chi connectivity index (χ3n) is 3.46. The first-order chi connectivity index (χ1) is 11.2. The summed E-state index contributed by atoms with van der Waals surface area (Å²) >= 11 is 3.50. The number of aromatic amines is 1. The fraction of sp³-hybridized carbons (Fsp3) is 0.267. The van der Waals surface area contributed by atoms with E-state index in [1.54, 1.807) is 10.8 Å². The monoisotopic (exact) mass is 376 g/mol. The number of nitrogens with one attached hydrogen (secondary N) is 2. The van der Waals surface area contributed by atoms with Crippen molar-refractivity contribution in [3.63, 3.8) is 0 Å². The van der Waals surface area contributed by atoms with Crippen LogP contribution in [-0.4, -0.2) is 32.6 Å². The molecule has 1 aromatic carbocycles. The molecule has 0 saturated carbocycles. The van der Waals surface area contributed by atoms with Gasteiger partial charge in [-0.25, -0.2) is 9.78 Å². The second-order valence-electron chi connectivity index (χ2n) is 5.11. The minimum Gasteiger partial charge on any atom is -0.354 e. The number of rotatable bonds is 6. The van der Waals surface area contributed by atoms with Crippen LogP contribution in [0.3, 0.4) is 0 Å². The predicted octanol–water partition coefficient (Wildman–Crippen LogP) is 1.69. The molecule has 0 aliphatic rings. The van der Waals surface area contributed by atoms with Crippen LogP contribution in [0.5, 0.6) is 0 Å². The summed E-state index contributed by atoms with van der Waals surface area (Å²) in [5, 5.41) is 3.11. The van der Waals surface area contributed by atoms with E-state index in [2.05, 4.69) is 36.2 Å². The van der Waals surface area contributed by atoms with E-state index < -0.39 is 0 Å². The Bertz CT molecular complexity index is 872. The molecular formula is C15H17BrN6O. The van der Waals surface area contributed by atoms with Crippen molar-refractivity contribution < 1.29 is 0 Å². The number of halogens is 1. The van der Waals surface area contributed by atoms with Gasteiger partial charge < -0.3 is 16.0 Å². The van der Waals surface area contributed by atoms with Crippen LogP contribution in [0.15, 0.2) is 39.7 Å². The maximum atomic E-state index is 12.2. The van der Waals surface area contributed by atoms with Crippen molar-refractivity contribution in [1.29, 1.82) is 0 Å². The molecule has 3 rings (SSSR count). The Labute approximate surface area is 141 Å². The fourth-order valence-corrected chi connectivity index (χ4v) is 2.69. The molecule has 0 spiro atoms. The first-order valence-electron chi connectivity index (χ1n) is 7.32. The fourth-order valence-electron chi connectivity index (χ4n) is 2.28. The molecule has 23 heavy (non-hydrogen) atoms. The molecule has 2 heterocycles. The normalized spacial score (nSPS) is 11.0. The number of benzene rings is 1. The number of imidazole rings is 1. The molecule has 0 bridgehead atoms. The average molecular weight is 377 g/mol. The molecular weight excluding hydrogens is 360 g/mol. The van der Waals surface area contributed by atoms with Crippen LogP contribution >= 0.6 is 15.9 Å². The van der Waals surface area contributed by atoms with Gasteiger partial charge in [-0.2, -0.15) is 4.98 Å². The molecule has 2 aromatic heterocycles. The van der Waals surface area contributed by atoms with E-state index in [-0.39, 0.29) is 5.69 Å². The molecule has 0 saturated heterocycles. The standard InChI is InChI=1S/C15H17BrN6O/c16-11-5-2-1-4-10(11)9-22-13-12(20-15(22)23)8-19-14(21-13)18-7-3-6-17/h1-2,4-5,8H,3,6-7,9,17H2,(H,20,23)(H,18,19,21). The molecule has 0 unspecified atom stereocenters. The van der Waals surface area contributed by atoms with Crippen molar-refractivity contribution in [2.24, 2.45) is 5.73 Å². The molecule has 0 radical (unpaired) electrons. The Morgan fingerprint density at radius 3 is 2.96 bits per heavy atom. The zero-order valence-electron chi connectivity index (χ0n) is 12.4. The number of aromatic nitrogens is 4.